The van der Waals surface area contributed by atoms with Crippen molar-refractivity contribution < 1.29 is 0 Å². The van der Waals surface area contributed by atoms with Gasteiger partial charge in [-0.1, -0.05) is 0 Å². The topological polar surface area (TPSA) is 18.5 Å². The Hall–Kier alpha value is -0.120. The summed E-state index contributed by atoms with van der Waals surface area (Å²) in [5.74, 6) is 0.992. The highest BCUT2D eigenvalue weighted by molar-refractivity contribution is 4.82. The Kier molecular flexibility index (Phi) is 5.26. The molecule has 0 radical (unpaired) electrons. The van der Waals surface area contributed by atoms with Gasteiger partial charge < -0.3 is 10.2 Å². The van der Waals surface area contributed by atoms with Gasteiger partial charge in [0.1, 0.15) is 0 Å². The summed E-state index contributed by atoms with van der Waals surface area (Å²) in [5.41, 5.74) is 0. The first-order chi connectivity index (χ1) is 8.29. The molecular formula is C14H29N3. The summed E-state index contributed by atoms with van der Waals surface area (Å²) in [6.07, 6.45) is 7.18. The van der Waals surface area contributed by atoms with Gasteiger partial charge in [0.2, 0.25) is 0 Å². The van der Waals surface area contributed by atoms with Gasteiger partial charge in [0.25, 0.3) is 0 Å². The van der Waals surface area contributed by atoms with Gasteiger partial charge in [-0.25, -0.2) is 0 Å². The molecule has 1 saturated heterocycles. The molecule has 1 aliphatic heterocycles. The van der Waals surface area contributed by atoms with E-state index in [1.54, 1.807) is 0 Å². The average molecular weight is 239 g/mol. The molecule has 100 valence electrons. The minimum atomic E-state index is 0.898. The van der Waals surface area contributed by atoms with Gasteiger partial charge in [0.15, 0.2) is 0 Å². The molecule has 0 spiro atoms. The summed E-state index contributed by atoms with van der Waals surface area (Å²) in [4.78, 5) is 5.20. The zero-order valence-corrected chi connectivity index (χ0v) is 11.6. The molecular weight excluding hydrogens is 210 g/mol. The van der Waals surface area contributed by atoms with E-state index in [0.29, 0.717) is 0 Å². The van der Waals surface area contributed by atoms with E-state index >= 15 is 0 Å². The highest BCUT2D eigenvalue weighted by Gasteiger charge is 2.27. The molecule has 0 atom stereocenters. The second-order valence-electron chi connectivity index (χ2n) is 5.91. The van der Waals surface area contributed by atoms with Crippen molar-refractivity contribution in [3.8, 4) is 0 Å². The third kappa shape index (κ3) is 3.94. The second-order valence-corrected chi connectivity index (χ2v) is 5.91. The molecule has 0 aromatic heterocycles. The smallest absolute Gasteiger partial charge is 0.0113 e. The largest absolute Gasteiger partial charge is 0.320 e. The lowest BCUT2D eigenvalue weighted by atomic mass is 9.83. The summed E-state index contributed by atoms with van der Waals surface area (Å²) >= 11 is 0. The average Bonchev–Trinajstić information content (AvgIpc) is 2.38. The molecule has 1 aliphatic carbocycles. The van der Waals surface area contributed by atoms with Crippen LogP contribution in [0.2, 0.25) is 0 Å². The van der Waals surface area contributed by atoms with Gasteiger partial charge in [-0.15, -0.1) is 0 Å². The fourth-order valence-corrected chi connectivity index (χ4v) is 3.33. The maximum Gasteiger partial charge on any atom is 0.0113 e. The second kappa shape index (κ2) is 6.72. The lowest BCUT2D eigenvalue weighted by molar-refractivity contribution is 0.0803. The van der Waals surface area contributed by atoms with Gasteiger partial charge in [0.05, 0.1) is 0 Å². The maximum absolute atomic E-state index is 3.28. The molecule has 0 amide bonds. The molecule has 0 aromatic rings. The van der Waals surface area contributed by atoms with Gasteiger partial charge in [-0.2, -0.15) is 0 Å². The minimum Gasteiger partial charge on any atom is -0.320 e. The van der Waals surface area contributed by atoms with Crippen LogP contribution in [0.25, 0.3) is 0 Å². The lowest BCUT2D eigenvalue weighted by Crippen LogP contribution is -2.49. The van der Waals surface area contributed by atoms with E-state index in [0.717, 1.165) is 12.0 Å². The summed E-state index contributed by atoms with van der Waals surface area (Å²) in [6.45, 7) is 6.31. The Morgan fingerprint density at radius 1 is 1.00 bits per heavy atom. The highest BCUT2D eigenvalue weighted by atomic mass is 15.3. The van der Waals surface area contributed by atoms with Gasteiger partial charge in [-0.3, -0.25) is 4.90 Å². The van der Waals surface area contributed by atoms with E-state index in [1.807, 2.05) is 0 Å². The van der Waals surface area contributed by atoms with E-state index in [4.69, 9.17) is 0 Å². The Morgan fingerprint density at radius 2 is 1.65 bits per heavy atom. The quantitative estimate of drug-likeness (QED) is 0.800. The molecule has 3 heteroatoms. The molecule has 1 heterocycles. The molecule has 1 N–H and O–H groups in total. The van der Waals surface area contributed by atoms with Crippen LogP contribution in [0.3, 0.4) is 0 Å². The van der Waals surface area contributed by atoms with Crippen LogP contribution < -0.4 is 5.32 Å². The van der Waals surface area contributed by atoms with Gasteiger partial charge >= 0.3 is 0 Å². The Bertz CT molecular complexity index is 204. The first-order valence-electron chi connectivity index (χ1n) is 7.37. The number of rotatable bonds is 4. The highest BCUT2D eigenvalue weighted by Crippen LogP contribution is 2.29. The zero-order chi connectivity index (χ0) is 12.1. The summed E-state index contributed by atoms with van der Waals surface area (Å²) < 4.78 is 0. The number of hydrogen-bond acceptors (Lipinski definition) is 3. The van der Waals surface area contributed by atoms with Crippen molar-refractivity contribution in [2.75, 3.05) is 46.8 Å². The van der Waals surface area contributed by atoms with Crippen molar-refractivity contribution in [1.82, 2.24) is 15.1 Å². The van der Waals surface area contributed by atoms with Crippen molar-refractivity contribution in [3.63, 3.8) is 0 Å². The predicted octanol–water partition coefficient (Wildman–Crippen LogP) is 1.40. The molecule has 1 saturated carbocycles. The van der Waals surface area contributed by atoms with Gasteiger partial charge in [-0.05, 0) is 58.7 Å². The third-order valence-electron chi connectivity index (χ3n) is 4.67. The molecule has 0 aromatic carbocycles. The van der Waals surface area contributed by atoms with Crippen LogP contribution in [0.1, 0.15) is 32.1 Å². The van der Waals surface area contributed by atoms with Crippen molar-refractivity contribution in [1.29, 1.82) is 0 Å². The molecule has 2 fully saturated rings. The molecule has 2 aliphatic rings. The van der Waals surface area contributed by atoms with E-state index in [1.165, 1.54) is 64.8 Å². The Labute approximate surface area is 107 Å². The number of piperazine rings is 1. The number of nitrogens with zero attached hydrogens (tertiary/aromatic N) is 2. The van der Waals surface area contributed by atoms with Crippen LogP contribution >= 0.6 is 0 Å². The van der Waals surface area contributed by atoms with E-state index in [2.05, 4.69) is 29.2 Å². The van der Waals surface area contributed by atoms with E-state index in [9.17, 15) is 0 Å². The van der Waals surface area contributed by atoms with E-state index in [-0.39, 0.29) is 0 Å². The van der Waals surface area contributed by atoms with Crippen molar-refractivity contribution >= 4 is 0 Å². The summed E-state index contributed by atoms with van der Waals surface area (Å²) in [6, 6.07) is 0.898. The monoisotopic (exact) mass is 239 g/mol. The van der Waals surface area contributed by atoms with Crippen LogP contribution in [-0.4, -0.2) is 62.7 Å². The van der Waals surface area contributed by atoms with Crippen LogP contribution in [0.5, 0.6) is 0 Å². The zero-order valence-electron chi connectivity index (χ0n) is 11.6. The van der Waals surface area contributed by atoms with Crippen molar-refractivity contribution in [3.05, 3.63) is 0 Å². The normalized spacial score (nSPS) is 32.8. The predicted molar refractivity (Wildman–Crippen MR) is 73.4 cm³/mol. The summed E-state index contributed by atoms with van der Waals surface area (Å²) in [7, 11) is 4.31. The molecule has 2 rings (SSSR count). The van der Waals surface area contributed by atoms with E-state index < -0.39 is 0 Å². The molecule has 3 nitrogen and oxygen atoms in total. The fraction of sp³-hybridized carbons (Fsp3) is 1.00. The number of nitrogens with one attached hydrogen (secondary N) is 1. The van der Waals surface area contributed by atoms with Crippen molar-refractivity contribution in [2.45, 2.75) is 38.1 Å². The first-order valence-corrected chi connectivity index (χ1v) is 7.37. The maximum atomic E-state index is 3.28. The number of hydrogen-bond donors (Lipinski definition) is 1. The van der Waals surface area contributed by atoms with Crippen LogP contribution in [0.15, 0.2) is 0 Å². The van der Waals surface area contributed by atoms with Crippen LogP contribution in [-0.2, 0) is 0 Å². The summed E-state index contributed by atoms with van der Waals surface area (Å²) in [5, 5.41) is 3.28. The SMILES string of the molecule is CNCCC1CCC(N2CCN(C)CC2)CC1. The number of likely N-dealkylation sites (N-methyl/N-ethyl adjacent to an activating group) is 1. The van der Waals surface area contributed by atoms with Crippen LogP contribution in [0.4, 0.5) is 0 Å². The minimum absolute atomic E-state index is 0.898. The first kappa shape index (κ1) is 13.3. The molecule has 0 bridgehead atoms. The Balaban J connectivity index is 1.68. The Morgan fingerprint density at radius 3 is 2.24 bits per heavy atom. The van der Waals surface area contributed by atoms with Crippen LogP contribution in [0, 0.1) is 5.92 Å². The third-order valence-corrected chi connectivity index (χ3v) is 4.67. The van der Waals surface area contributed by atoms with Gasteiger partial charge in [0, 0.05) is 32.2 Å². The molecule has 17 heavy (non-hydrogen) atoms. The lowest BCUT2D eigenvalue weighted by Gasteiger charge is -2.41. The standard InChI is InChI=1S/C14H29N3/c1-15-8-7-13-3-5-14(6-4-13)17-11-9-16(2)10-12-17/h13-15H,3-12H2,1-2H3. The fourth-order valence-electron chi connectivity index (χ4n) is 3.33. The van der Waals surface area contributed by atoms with Crippen molar-refractivity contribution in [2.24, 2.45) is 5.92 Å². The molecule has 0 unspecified atom stereocenters.